The molecular formula is C17H16N2O5S. The Morgan fingerprint density at radius 2 is 1.68 bits per heavy atom. The fourth-order valence-electron chi connectivity index (χ4n) is 1.94. The van der Waals surface area contributed by atoms with Crippen molar-refractivity contribution >= 4 is 35.3 Å². The Kier molecular flexibility index (Phi) is 6.53. The van der Waals surface area contributed by atoms with E-state index in [1.807, 2.05) is 6.07 Å². The lowest BCUT2D eigenvalue weighted by atomic mass is 10.1. The van der Waals surface area contributed by atoms with Gasteiger partial charge in [-0.15, -0.1) is 0 Å². The molecular weight excluding hydrogens is 344 g/mol. The van der Waals surface area contributed by atoms with Crippen molar-refractivity contribution in [2.24, 2.45) is 0 Å². The molecule has 0 saturated carbocycles. The number of pyridine rings is 1. The van der Waals surface area contributed by atoms with Gasteiger partial charge in [-0.05, 0) is 30.3 Å². The maximum absolute atomic E-state index is 12.1. The Hall–Kier alpha value is -2.87. The molecule has 2 rings (SSSR count). The molecule has 0 radical (unpaired) electrons. The van der Waals surface area contributed by atoms with Crippen LogP contribution in [0, 0.1) is 0 Å². The van der Waals surface area contributed by atoms with Crippen LogP contribution in [0.1, 0.15) is 20.7 Å². The fraction of sp³-hybridized carbons (Fsp3) is 0.176. The third kappa shape index (κ3) is 5.32. The number of esters is 2. The lowest BCUT2D eigenvalue weighted by molar-refractivity contribution is -0.113. The molecule has 1 amide bonds. The average Bonchev–Trinajstić information content (AvgIpc) is 2.65. The Morgan fingerprint density at radius 3 is 2.20 bits per heavy atom. The Bertz CT molecular complexity index is 746. The lowest BCUT2D eigenvalue weighted by Gasteiger charge is -2.09. The zero-order valence-electron chi connectivity index (χ0n) is 13.6. The summed E-state index contributed by atoms with van der Waals surface area (Å²) in [5, 5.41) is 3.37. The maximum atomic E-state index is 12.1. The number of nitrogens with zero attached hydrogens (tertiary/aromatic N) is 1. The quantitative estimate of drug-likeness (QED) is 0.624. The van der Waals surface area contributed by atoms with E-state index in [9.17, 15) is 14.4 Å². The molecule has 2 aromatic rings. The van der Waals surface area contributed by atoms with Crippen molar-refractivity contribution in [3.8, 4) is 0 Å². The molecule has 1 N–H and O–H groups in total. The number of carbonyl (C=O) groups excluding carboxylic acids is 3. The van der Waals surface area contributed by atoms with E-state index in [0.29, 0.717) is 5.69 Å². The van der Waals surface area contributed by atoms with Gasteiger partial charge in [0.2, 0.25) is 5.91 Å². The number of thioether (sulfide) groups is 1. The number of aromatic nitrogens is 1. The Labute approximate surface area is 148 Å². The van der Waals surface area contributed by atoms with Crippen LogP contribution in [-0.2, 0) is 14.3 Å². The van der Waals surface area contributed by atoms with Crippen LogP contribution in [0.2, 0.25) is 0 Å². The van der Waals surface area contributed by atoms with Crippen LogP contribution < -0.4 is 5.32 Å². The first-order valence-electron chi connectivity index (χ1n) is 7.19. The second kappa shape index (κ2) is 8.84. The summed E-state index contributed by atoms with van der Waals surface area (Å²) in [4.78, 5) is 39.7. The van der Waals surface area contributed by atoms with Gasteiger partial charge in [0.15, 0.2) is 0 Å². The number of hydrogen-bond acceptors (Lipinski definition) is 7. The molecule has 0 spiro atoms. The van der Waals surface area contributed by atoms with Gasteiger partial charge in [-0.3, -0.25) is 4.79 Å². The molecule has 1 aromatic carbocycles. The van der Waals surface area contributed by atoms with Gasteiger partial charge in [0.1, 0.15) is 0 Å². The highest BCUT2D eigenvalue weighted by Gasteiger charge is 2.15. The number of benzene rings is 1. The van der Waals surface area contributed by atoms with Gasteiger partial charge in [-0.2, -0.15) is 0 Å². The zero-order chi connectivity index (χ0) is 18.2. The smallest absolute Gasteiger partial charge is 0.337 e. The zero-order valence-corrected chi connectivity index (χ0v) is 14.5. The average molecular weight is 360 g/mol. The summed E-state index contributed by atoms with van der Waals surface area (Å²) in [5.41, 5.74) is 0.575. The summed E-state index contributed by atoms with van der Waals surface area (Å²) in [6.07, 6.45) is 1.64. The molecule has 7 nitrogen and oxygen atoms in total. The molecule has 0 aliphatic carbocycles. The van der Waals surface area contributed by atoms with Crippen molar-refractivity contribution in [3.05, 3.63) is 53.7 Å². The number of hydrogen-bond donors (Lipinski definition) is 1. The molecule has 0 aliphatic heterocycles. The second-order valence-corrected chi connectivity index (χ2v) is 5.78. The summed E-state index contributed by atoms with van der Waals surface area (Å²) in [6, 6.07) is 9.62. The molecule has 0 aliphatic rings. The van der Waals surface area contributed by atoms with Crippen LogP contribution in [0.15, 0.2) is 47.6 Å². The monoisotopic (exact) mass is 360 g/mol. The second-order valence-electron chi connectivity index (χ2n) is 4.79. The third-order valence-electron chi connectivity index (χ3n) is 3.05. The highest BCUT2D eigenvalue weighted by molar-refractivity contribution is 7.99. The Morgan fingerprint density at radius 1 is 1.04 bits per heavy atom. The standard InChI is InChI=1S/C17H16N2O5S/c1-23-16(21)11-7-12(17(22)24-2)9-13(8-11)19-14(20)10-25-15-5-3-4-6-18-15/h3-9H,10H2,1-2H3,(H,19,20). The molecule has 8 heteroatoms. The molecule has 0 atom stereocenters. The SMILES string of the molecule is COC(=O)c1cc(NC(=O)CSc2ccccn2)cc(C(=O)OC)c1. The predicted molar refractivity (Wildman–Crippen MR) is 92.7 cm³/mol. The minimum Gasteiger partial charge on any atom is -0.465 e. The number of amides is 1. The third-order valence-corrected chi connectivity index (χ3v) is 3.99. The minimum absolute atomic E-state index is 0.132. The highest BCUT2D eigenvalue weighted by Crippen LogP contribution is 2.19. The molecule has 0 fully saturated rings. The summed E-state index contributed by atoms with van der Waals surface area (Å²) >= 11 is 1.27. The van der Waals surface area contributed by atoms with Crippen LogP contribution in [0.25, 0.3) is 0 Å². The van der Waals surface area contributed by atoms with Gasteiger partial charge < -0.3 is 14.8 Å². The van der Waals surface area contributed by atoms with Crippen molar-refractivity contribution in [1.82, 2.24) is 4.98 Å². The molecule has 130 valence electrons. The van der Waals surface area contributed by atoms with Crippen LogP contribution in [-0.4, -0.2) is 42.8 Å². The number of methoxy groups -OCH3 is 2. The first-order chi connectivity index (χ1) is 12.0. The van der Waals surface area contributed by atoms with E-state index in [0.717, 1.165) is 5.03 Å². The van der Waals surface area contributed by atoms with Crippen molar-refractivity contribution < 1.29 is 23.9 Å². The number of nitrogens with one attached hydrogen (secondary N) is 1. The molecule has 1 heterocycles. The summed E-state index contributed by atoms with van der Waals surface area (Å²) in [7, 11) is 2.46. The summed E-state index contributed by atoms with van der Waals surface area (Å²) < 4.78 is 9.31. The van der Waals surface area contributed by atoms with E-state index in [-0.39, 0.29) is 22.8 Å². The summed E-state index contributed by atoms with van der Waals surface area (Å²) in [5.74, 6) is -1.41. The van der Waals surface area contributed by atoms with E-state index in [2.05, 4.69) is 19.8 Å². The van der Waals surface area contributed by atoms with E-state index in [4.69, 9.17) is 0 Å². The van der Waals surface area contributed by atoms with Crippen LogP contribution >= 0.6 is 11.8 Å². The Balaban J connectivity index is 2.12. The van der Waals surface area contributed by atoms with Crippen molar-refractivity contribution in [2.75, 3.05) is 25.3 Å². The predicted octanol–water partition coefficient (Wildman–Crippen LogP) is 2.39. The van der Waals surface area contributed by atoms with E-state index >= 15 is 0 Å². The number of carbonyl (C=O) groups is 3. The van der Waals surface area contributed by atoms with E-state index in [1.165, 1.54) is 44.2 Å². The fourth-order valence-corrected chi connectivity index (χ4v) is 2.60. The minimum atomic E-state index is -0.621. The lowest BCUT2D eigenvalue weighted by Crippen LogP contribution is -2.16. The molecule has 0 unspecified atom stereocenters. The number of ether oxygens (including phenoxy) is 2. The van der Waals surface area contributed by atoms with Gasteiger partial charge in [0, 0.05) is 11.9 Å². The van der Waals surface area contributed by atoms with Gasteiger partial charge in [-0.25, -0.2) is 14.6 Å². The molecule has 0 saturated heterocycles. The van der Waals surface area contributed by atoms with Crippen LogP contribution in [0.3, 0.4) is 0 Å². The van der Waals surface area contributed by atoms with Gasteiger partial charge in [0.25, 0.3) is 0 Å². The molecule has 0 bridgehead atoms. The van der Waals surface area contributed by atoms with Crippen LogP contribution in [0.4, 0.5) is 5.69 Å². The van der Waals surface area contributed by atoms with E-state index < -0.39 is 11.9 Å². The molecule has 25 heavy (non-hydrogen) atoms. The highest BCUT2D eigenvalue weighted by atomic mass is 32.2. The van der Waals surface area contributed by atoms with Gasteiger partial charge in [0.05, 0.1) is 36.1 Å². The first-order valence-corrected chi connectivity index (χ1v) is 8.17. The normalized spacial score (nSPS) is 10.0. The molecule has 1 aromatic heterocycles. The van der Waals surface area contributed by atoms with Crippen molar-refractivity contribution in [3.63, 3.8) is 0 Å². The van der Waals surface area contributed by atoms with Gasteiger partial charge >= 0.3 is 11.9 Å². The summed E-state index contributed by atoms with van der Waals surface area (Å²) in [6.45, 7) is 0. The number of rotatable bonds is 6. The van der Waals surface area contributed by atoms with E-state index in [1.54, 1.807) is 18.3 Å². The van der Waals surface area contributed by atoms with Gasteiger partial charge in [-0.1, -0.05) is 17.8 Å². The van der Waals surface area contributed by atoms with Crippen molar-refractivity contribution in [2.45, 2.75) is 5.03 Å². The maximum Gasteiger partial charge on any atom is 0.337 e. The number of anilines is 1. The van der Waals surface area contributed by atoms with Crippen molar-refractivity contribution in [1.29, 1.82) is 0 Å². The largest absolute Gasteiger partial charge is 0.465 e. The first kappa shape index (κ1) is 18.5. The topological polar surface area (TPSA) is 94.6 Å². The van der Waals surface area contributed by atoms with Crippen LogP contribution in [0.5, 0.6) is 0 Å².